The van der Waals surface area contributed by atoms with Crippen LogP contribution >= 0.6 is 8.15 Å². The summed E-state index contributed by atoms with van der Waals surface area (Å²) in [6.07, 6.45) is 0. The molecule has 1 saturated heterocycles. The first-order chi connectivity index (χ1) is 14.6. The van der Waals surface area contributed by atoms with E-state index in [1.165, 1.54) is 5.56 Å². The van der Waals surface area contributed by atoms with E-state index in [2.05, 4.69) is 56.9 Å². The fraction of sp³-hybridized carbons (Fsp3) is 0.739. The summed E-state index contributed by atoms with van der Waals surface area (Å²) in [6, 6.07) is 8.51. The third-order valence-electron chi connectivity index (χ3n) is 4.75. The summed E-state index contributed by atoms with van der Waals surface area (Å²) >= 11 is 0. The second kappa shape index (κ2) is 15.1. The molecule has 1 fully saturated rings. The number of benzene rings is 1. The van der Waals surface area contributed by atoms with E-state index in [4.69, 9.17) is 23.5 Å². The summed E-state index contributed by atoms with van der Waals surface area (Å²) in [6.45, 7) is 16.5. The molecular formula is C23H40NO5P. The lowest BCUT2D eigenvalue weighted by atomic mass is 10.2. The van der Waals surface area contributed by atoms with Gasteiger partial charge < -0.3 is 23.5 Å². The Bertz CT molecular complexity index is 548. The summed E-state index contributed by atoms with van der Waals surface area (Å²) in [5, 5.41) is 0. The smallest absolute Gasteiger partial charge is 0.123 e. The van der Waals surface area contributed by atoms with Gasteiger partial charge in [-0.2, -0.15) is 0 Å². The summed E-state index contributed by atoms with van der Waals surface area (Å²) in [4.78, 5) is 2.37. The molecule has 0 aliphatic carbocycles. The summed E-state index contributed by atoms with van der Waals surface area (Å²) < 4.78 is 28.8. The van der Waals surface area contributed by atoms with E-state index >= 15 is 0 Å². The molecule has 0 N–H and O–H groups in total. The Hall–Kier alpha value is -0.750. The fourth-order valence-electron chi connectivity index (χ4n) is 3.31. The Labute approximate surface area is 184 Å². The Morgan fingerprint density at radius 2 is 1.30 bits per heavy atom. The van der Waals surface area contributed by atoms with E-state index in [1.54, 1.807) is 0 Å². The second-order valence-corrected chi connectivity index (χ2v) is 11.0. The van der Waals surface area contributed by atoms with E-state index < -0.39 is 8.15 Å². The van der Waals surface area contributed by atoms with Crippen molar-refractivity contribution in [2.24, 2.45) is 0 Å². The minimum Gasteiger partial charge on any atom is -0.474 e. The van der Waals surface area contributed by atoms with Gasteiger partial charge in [0.1, 0.15) is 5.75 Å². The summed E-state index contributed by atoms with van der Waals surface area (Å²) in [5.74, 6) is 0.973. The molecule has 0 radical (unpaired) electrons. The van der Waals surface area contributed by atoms with Crippen molar-refractivity contribution < 1.29 is 23.5 Å². The highest BCUT2D eigenvalue weighted by Crippen LogP contribution is 2.47. The third-order valence-corrected chi connectivity index (χ3v) is 7.21. The van der Waals surface area contributed by atoms with Crippen molar-refractivity contribution >= 4 is 8.15 Å². The van der Waals surface area contributed by atoms with Crippen LogP contribution in [0.25, 0.3) is 0 Å². The van der Waals surface area contributed by atoms with Gasteiger partial charge in [-0.15, -0.1) is 0 Å². The van der Waals surface area contributed by atoms with Crippen LogP contribution in [0.2, 0.25) is 0 Å². The second-order valence-electron chi connectivity index (χ2n) is 8.01. The number of ether oxygens (including phenoxy) is 4. The van der Waals surface area contributed by atoms with E-state index in [0.29, 0.717) is 64.2 Å². The molecule has 6 nitrogen and oxygen atoms in total. The molecule has 0 spiro atoms. The van der Waals surface area contributed by atoms with Gasteiger partial charge in [-0.05, 0) is 17.7 Å². The first-order valence-electron chi connectivity index (χ1n) is 11.1. The molecule has 2 rings (SSSR count). The van der Waals surface area contributed by atoms with Crippen LogP contribution in [0.4, 0.5) is 0 Å². The Morgan fingerprint density at radius 3 is 1.80 bits per heavy atom. The van der Waals surface area contributed by atoms with Crippen molar-refractivity contribution in [3.05, 3.63) is 29.8 Å². The van der Waals surface area contributed by atoms with Crippen LogP contribution < -0.4 is 4.52 Å². The number of hydrogen-bond donors (Lipinski definition) is 0. The molecule has 0 saturated carbocycles. The number of nitrogens with zero attached hydrogens (tertiary/aromatic N) is 1. The average molecular weight is 442 g/mol. The van der Waals surface area contributed by atoms with E-state index in [0.717, 1.165) is 25.4 Å². The summed E-state index contributed by atoms with van der Waals surface area (Å²) in [7, 11) is -0.491. The monoisotopic (exact) mass is 441 g/mol. The minimum absolute atomic E-state index is 0.491. The van der Waals surface area contributed by atoms with E-state index in [9.17, 15) is 0 Å². The molecule has 30 heavy (non-hydrogen) atoms. The van der Waals surface area contributed by atoms with Crippen LogP contribution in [0.1, 0.15) is 33.3 Å². The average Bonchev–Trinajstić information content (AvgIpc) is 2.72. The standard InChI is InChI=1S/C23H40NO5P/c1-20(2)30(21(3)4)29-23-7-5-6-22(18-23)19-24-8-10-25-12-14-27-16-17-28-15-13-26-11-9-24/h5-7,18,20-21H,8-17,19H2,1-4H3. The van der Waals surface area contributed by atoms with Crippen molar-refractivity contribution in [2.75, 3.05) is 65.9 Å². The molecule has 0 bridgehead atoms. The molecule has 1 aromatic rings. The van der Waals surface area contributed by atoms with Crippen molar-refractivity contribution in [3.63, 3.8) is 0 Å². The van der Waals surface area contributed by atoms with Gasteiger partial charge in [0.2, 0.25) is 0 Å². The summed E-state index contributed by atoms with van der Waals surface area (Å²) in [5.41, 5.74) is 2.33. The zero-order valence-electron chi connectivity index (χ0n) is 19.2. The maximum atomic E-state index is 6.39. The fourth-order valence-corrected chi connectivity index (χ4v) is 5.28. The van der Waals surface area contributed by atoms with Crippen LogP contribution in [0.3, 0.4) is 0 Å². The molecular weight excluding hydrogens is 401 g/mol. The quantitative estimate of drug-likeness (QED) is 0.618. The van der Waals surface area contributed by atoms with Crippen LogP contribution in [0, 0.1) is 0 Å². The lowest BCUT2D eigenvalue weighted by Gasteiger charge is -2.26. The Kier molecular flexibility index (Phi) is 12.9. The lowest BCUT2D eigenvalue weighted by Crippen LogP contribution is -2.31. The van der Waals surface area contributed by atoms with Crippen LogP contribution in [0.5, 0.6) is 5.75 Å². The molecule has 1 aliphatic rings. The van der Waals surface area contributed by atoms with Crippen molar-refractivity contribution in [1.29, 1.82) is 0 Å². The van der Waals surface area contributed by atoms with Crippen LogP contribution in [-0.4, -0.2) is 82.2 Å². The molecule has 172 valence electrons. The Balaban J connectivity index is 1.93. The molecule has 0 unspecified atom stereocenters. The Morgan fingerprint density at radius 1 is 0.800 bits per heavy atom. The van der Waals surface area contributed by atoms with Gasteiger partial charge in [-0.1, -0.05) is 39.8 Å². The molecule has 0 aromatic heterocycles. The van der Waals surface area contributed by atoms with Gasteiger partial charge in [0, 0.05) is 31.0 Å². The van der Waals surface area contributed by atoms with Gasteiger partial charge in [0.05, 0.1) is 61.0 Å². The van der Waals surface area contributed by atoms with Crippen molar-refractivity contribution in [3.8, 4) is 5.75 Å². The third kappa shape index (κ3) is 10.5. The first-order valence-corrected chi connectivity index (χ1v) is 12.5. The highest BCUT2D eigenvalue weighted by Gasteiger charge is 2.20. The first kappa shape index (κ1) is 25.5. The topological polar surface area (TPSA) is 49.4 Å². The maximum Gasteiger partial charge on any atom is 0.123 e. The van der Waals surface area contributed by atoms with Gasteiger partial charge in [0.15, 0.2) is 0 Å². The zero-order chi connectivity index (χ0) is 21.6. The zero-order valence-corrected chi connectivity index (χ0v) is 20.1. The normalized spacial score (nSPS) is 19.0. The molecule has 1 aliphatic heterocycles. The highest BCUT2D eigenvalue weighted by molar-refractivity contribution is 7.54. The molecule has 7 heteroatoms. The predicted molar refractivity (Wildman–Crippen MR) is 123 cm³/mol. The van der Waals surface area contributed by atoms with Gasteiger partial charge in [0.25, 0.3) is 0 Å². The molecule has 0 atom stereocenters. The maximum absolute atomic E-state index is 6.39. The minimum atomic E-state index is -0.491. The molecule has 0 amide bonds. The number of rotatable bonds is 6. The van der Waals surface area contributed by atoms with Gasteiger partial charge >= 0.3 is 0 Å². The van der Waals surface area contributed by atoms with Crippen LogP contribution in [0.15, 0.2) is 24.3 Å². The SMILES string of the molecule is CC(C)P(Oc1cccc(CN2CCOCCOCCOCCOCC2)c1)C(C)C. The van der Waals surface area contributed by atoms with Crippen molar-refractivity contribution in [2.45, 2.75) is 45.6 Å². The van der Waals surface area contributed by atoms with Crippen molar-refractivity contribution in [1.82, 2.24) is 4.90 Å². The molecule has 1 aromatic carbocycles. The highest BCUT2D eigenvalue weighted by atomic mass is 31.1. The lowest BCUT2D eigenvalue weighted by molar-refractivity contribution is 0.00206. The predicted octanol–water partition coefficient (Wildman–Crippen LogP) is 4.16. The van der Waals surface area contributed by atoms with E-state index in [-0.39, 0.29) is 0 Å². The molecule has 1 heterocycles. The number of hydrogen-bond acceptors (Lipinski definition) is 6. The van der Waals surface area contributed by atoms with Gasteiger partial charge in [-0.25, -0.2) is 0 Å². The van der Waals surface area contributed by atoms with E-state index in [1.807, 2.05) is 0 Å². The van der Waals surface area contributed by atoms with Gasteiger partial charge in [-0.3, -0.25) is 4.90 Å². The van der Waals surface area contributed by atoms with Crippen LogP contribution in [-0.2, 0) is 25.5 Å². The largest absolute Gasteiger partial charge is 0.474 e.